The van der Waals surface area contributed by atoms with Gasteiger partial charge in [0, 0.05) is 26.2 Å². The van der Waals surface area contributed by atoms with E-state index in [0.29, 0.717) is 32.5 Å². The Morgan fingerprint density at radius 3 is 2.55 bits per heavy atom. The fourth-order valence-corrected chi connectivity index (χ4v) is 2.80. The second kappa shape index (κ2) is 7.59. The largest absolute Gasteiger partial charge is 0.481 e. The Kier molecular flexibility index (Phi) is 5.79. The number of carbonyl (C=O) groups excluding carboxylic acids is 1. The molecule has 2 heterocycles. The van der Waals surface area contributed by atoms with Crippen LogP contribution in [0.3, 0.4) is 0 Å². The standard InChI is InChI=1S/C14H24N2O4/c17-13(10-15-9-12-3-1-2-8-20-12)16-6-4-11(5-7-16)14(18)19/h11-12,15H,1-10H2,(H,18,19). The summed E-state index contributed by atoms with van der Waals surface area (Å²) >= 11 is 0. The van der Waals surface area contributed by atoms with Crippen molar-refractivity contribution in [2.45, 2.75) is 38.2 Å². The van der Waals surface area contributed by atoms with Crippen LogP contribution < -0.4 is 5.32 Å². The first kappa shape index (κ1) is 15.3. The number of amides is 1. The predicted octanol–water partition coefficient (Wildman–Crippen LogP) is 0.468. The van der Waals surface area contributed by atoms with Crippen molar-refractivity contribution in [2.24, 2.45) is 5.92 Å². The highest BCUT2D eigenvalue weighted by molar-refractivity contribution is 5.78. The molecule has 0 aromatic carbocycles. The van der Waals surface area contributed by atoms with E-state index in [9.17, 15) is 9.59 Å². The topological polar surface area (TPSA) is 78.9 Å². The van der Waals surface area contributed by atoms with Crippen LogP contribution in [0.2, 0.25) is 0 Å². The molecule has 0 bridgehead atoms. The number of carbonyl (C=O) groups is 2. The molecular weight excluding hydrogens is 260 g/mol. The molecule has 0 aromatic rings. The lowest BCUT2D eigenvalue weighted by atomic mass is 9.97. The number of aliphatic carboxylic acids is 1. The Hall–Kier alpha value is -1.14. The molecule has 20 heavy (non-hydrogen) atoms. The SMILES string of the molecule is O=C(O)C1CCN(C(=O)CNCC2CCCCO2)CC1. The molecule has 2 aliphatic heterocycles. The van der Waals surface area contributed by atoms with Gasteiger partial charge in [0.1, 0.15) is 0 Å². The number of piperidine rings is 1. The zero-order chi connectivity index (χ0) is 14.4. The molecule has 0 aliphatic carbocycles. The molecule has 1 amide bonds. The van der Waals surface area contributed by atoms with Crippen LogP contribution in [0.5, 0.6) is 0 Å². The van der Waals surface area contributed by atoms with Crippen LogP contribution in [0.4, 0.5) is 0 Å². The van der Waals surface area contributed by atoms with E-state index in [2.05, 4.69) is 5.32 Å². The molecule has 2 fully saturated rings. The molecule has 0 aromatic heterocycles. The minimum atomic E-state index is -0.746. The number of nitrogens with zero attached hydrogens (tertiary/aromatic N) is 1. The number of hydrogen-bond donors (Lipinski definition) is 2. The molecule has 2 rings (SSSR count). The number of hydrogen-bond acceptors (Lipinski definition) is 4. The maximum Gasteiger partial charge on any atom is 0.306 e. The Morgan fingerprint density at radius 1 is 1.20 bits per heavy atom. The molecule has 1 atom stereocenters. The highest BCUT2D eigenvalue weighted by atomic mass is 16.5. The average Bonchev–Trinajstić information content (AvgIpc) is 2.48. The third kappa shape index (κ3) is 4.45. The van der Waals surface area contributed by atoms with Gasteiger partial charge in [0.2, 0.25) is 5.91 Å². The molecule has 1 unspecified atom stereocenters. The van der Waals surface area contributed by atoms with Crippen molar-refractivity contribution >= 4 is 11.9 Å². The van der Waals surface area contributed by atoms with E-state index in [0.717, 1.165) is 26.0 Å². The van der Waals surface area contributed by atoms with Gasteiger partial charge in [-0.05, 0) is 32.1 Å². The average molecular weight is 284 g/mol. The Labute approximate surface area is 119 Å². The molecule has 2 N–H and O–H groups in total. The van der Waals surface area contributed by atoms with E-state index < -0.39 is 5.97 Å². The van der Waals surface area contributed by atoms with Crippen molar-refractivity contribution < 1.29 is 19.4 Å². The lowest BCUT2D eigenvalue weighted by Crippen LogP contribution is -2.45. The van der Waals surface area contributed by atoms with Gasteiger partial charge in [-0.1, -0.05) is 0 Å². The summed E-state index contributed by atoms with van der Waals surface area (Å²) in [5.41, 5.74) is 0. The van der Waals surface area contributed by atoms with Crippen LogP contribution >= 0.6 is 0 Å². The van der Waals surface area contributed by atoms with Crippen LogP contribution in [0.25, 0.3) is 0 Å². The summed E-state index contributed by atoms with van der Waals surface area (Å²) in [6, 6.07) is 0. The van der Waals surface area contributed by atoms with Crippen molar-refractivity contribution in [3.05, 3.63) is 0 Å². The van der Waals surface area contributed by atoms with Crippen LogP contribution in [-0.4, -0.2) is 60.8 Å². The predicted molar refractivity (Wildman–Crippen MR) is 73.4 cm³/mol. The van der Waals surface area contributed by atoms with Gasteiger partial charge in [-0.3, -0.25) is 9.59 Å². The fraction of sp³-hybridized carbons (Fsp3) is 0.857. The summed E-state index contributed by atoms with van der Waals surface area (Å²) in [5.74, 6) is -0.975. The zero-order valence-corrected chi connectivity index (χ0v) is 11.8. The van der Waals surface area contributed by atoms with Crippen molar-refractivity contribution in [2.75, 3.05) is 32.8 Å². The van der Waals surface area contributed by atoms with Crippen molar-refractivity contribution in [3.63, 3.8) is 0 Å². The molecular formula is C14H24N2O4. The lowest BCUT2D eigenvalue weighted by molar-refractivity contribution is -0.145. The number of ether oxygens (including phenoxy) is 1. The highest BCUT2D eigenvalue weighted by Crippen LogP contribution is 2.17. The van der Waals surface area contributed by atoms with Gasteiger partial charge in [0.05, 0.1) is 18.6 Å². The molecule has 2 saturated heterocycles. The Balaban J connectivity index is 1.61. The van der Waals surface area contributed by atoms with Crippen molar-refractivity contribution in [1.82, 2.24) is 10.2 Å². The second-order valence-corrected chi connectivity index (χ2v) is 5.61. The summed E-state index contributed by atoms with van der Waals surface area (Å²) < 4.78 is 5.59. The van der Waals surface area contributed by atoms with Crippen molar-refractivity contribution in [3.8, 4) is 0 Å². The van der Waals surface area contributed by atoms with Gasteiger partial charge in [-0.2, -0.15) is 0 Å². The molecule has 6 heteroatoms. The van der Waals surface area contributed by atoms with Gasteiger partial charge >= 0.3 is 5.97 Å². The van der Waals surface area contributed by atoms with Gasteiger partial charge in [0.25, 0.3) is 0 Å². The molecule has 0 radical (unpaired) electrons. The first-order valence-electron chi connectivity index (χ1n) is 7.49. The molecule has 0 saturated carbocycles. The summed E-state index contributed by atoms with van der Waals surface area (Å²) in [6.07, 6.45) is 4.75. The zero-order valence-electron chi connectivity index (χ0n) is 11.8. The summed E-state index contributed by atoms with van der Waals surface area (Å²) in [6.45, 7) is 2.97. The third-order valence-corrected chi connectivity index (χ3v) is 4.12. The van der Waals surface area contributed by atoms with E-state index in [4.69, 9.17) is 9.84 Å². The summed E-state index contributed by atoms with van der Waals surface area (Å²) in [5, 5.41) is 12.1. The summed E-state index contributed by atoms with van der Waals surface area (Å²) in [4.78, 5) is 24.6. The second-order valence-electron chi connectivity index (χ2n) is 5.61. The molecule has 2 aliphatic rings. The smallest absolute Gasteiger partial charge is 0.306 e. The monoisotopic (exact) mass is 284 g/mol. The van der Waals surface area contributed by atoms with Gasteiger partial charge in [0.15, 0.2) is 0 Å². The fourth-order valence-electron chi connectivity index (χ4n) is 2.80. The van der Waals surface area contributed by atoms with E-state index in [1.807, 2.05) is 0 Å². The van der Waals surface area contributed by atoms with E-state index in [-0.39, 0.29) is 17.9 Å². The quantitative estimate of drug-likeness (QED) is 0.767. The Morgan fingerprint density at radius 2 is 1.95 bits per heavy atom. The number of carboxylic acid groups (broad SMARTS) is 1. The van der Waals surface area contributed by atoms with E-state index >= 15 is 0 Å². The third-order valence-electron chi connectivity index (χ3n) is 4.12. The van der Waals surface area contributed by atoms with Gasteiger partial charge < -0.3 is 20.1 Å². The van der Waals surface area contributed by atoms with Crippen LogP contribution in [-0.2, 0) is 14.3 Å². The number of nitrogens with one attached hydrogen (secondary N) is 1. The number of likely N-dealkylation sites (tertiary alicyclic amines) is 1. The first-order valence-corrected chi connectivity index (χ1v) is 7.49. The van der Waals surface area contributed by atoms with Gasteiger partial charge in [-0.25, -0.2) is 0 Å². The van der Waals surface area contributed by atoms with Crippen LogP contribution in [0.15, 0.2) is 0 Å². The Bertz CT molecular complexity index is 334. The number of carboxylic acids is 1. The minimum absolute atomic E-state index is 0.0599. The lowest BCUT2D eigenvalue weighted by Gasteiger charge is -2.30. The van der Waals surface area contributed by atoms with Gasteiger partial charge in [-0.15, -0.1) is 0 Å². The normalized spacial score (nSPS) is 24.6. The minimum Gasteiger partial charge on any atom is -0.481 e. The summed E-state index contributed by atoms with van der Waals surface area (Å²) in [7, 11) is 0. The van der Waals surface area contributed by atoms with Crippen LogP contribution in [0.1, 0.15) is 32.1 Å². The maximum atomic E-state index is 12.0. The molecule has 114 valence electrons. The maximum absolute atomic E-state index is 12.0. The molecule has 0 spiro atoms. The number of rotatable bonds is 5. The van der Waals surface area contributed by atoms with E-state index in [1.54, 1.807) is 4.90 Å². The first-order chi connectivity index (χ1) is 9.66. The van der Waals surface area contributed by atoms with E-state index in [1.165, 1.54) is 6.42 Å². The van der Waals surface area contributed by atoms with Crippen molar-refractivity contribution in [1.29, 1.82) is 0 Å². The molecule has 6 nitrogen and oxygen atoms in total. The highest BCUT2D eigenvalue weighted by Gasteiger charge is 2.26. The van der Waals surface area contributed by atoms with Crippen LogP contribution in [0, 0.1) is 5.92 Å².